The van der Waals surface area contributed by atoms with E-state index in [1.54, 1.807) is 30.5 Å². The second kappa shape index (κ2) is 7.27. The summed E-state index contributed by atoms with van der Waals surface area (Å²) in [6.07, 6.45) is 1.63. The zero-order valence-corrected chi connectivity index (χ0v) is 14.7. The number of hydrogen-bond acceptors (Lipinski definition) is 5. The molecule has 1 atom stereocenters. The van der Waals surface area contributed by atoms with E-state index < -0.39 is 10.8 Å². The number of aromatic nitrogens is 1. The number of carbonyl (C=O) groups is 1. The molecule has 2 heterocycles. The quantitative estimate of drug-likeness (QED) is 0.842. The molecular weight excluding hydrogens is 326 g/mol. The summed E-state index contributed by atoms with van der Waals surface area (Å²) in [5.41, 5.74) is 1.53. The standard InChI is InChI=1S/C17H21N3O3S/c1-13-11-15(23-18-13)12-19-7-9-20(10-8-19)17(21)14-3-5-16(6-4-14)24(2)22/h3-6,11H,7-10,12H2,1-2H3/t24-/m1/s1. The minimum Gasteiger partial charge on any atom is -0.360 e. The highest BCUT2D eigenvalue weighted by Crippen LogP contribution is 2.14. The van der Waals surface area contributed by atoms with Crippen LogP contribution in [0, 0.1) is 6.92 Å². The number of amides is 1. The maximum absolute atomic E-state index is 12.6. The summed E-state index contributed by atoms with van der Waals surface area (Å²) in [6.45, 7) is 5.62. The van der Waals surface area contributed by atoms with Gasteiger partial charge in [-0.25, -0.2) is 0 Å². The lowest BCUT2D eigenvalue weighted by atomic mass is 10.2. The van der Waals surface area contributed by atoms with E-state index >= 15 is 0 Å². The van der Waals surface area contributed by atoms with Crippen LogP contribution in [0.4, 0.5) is 0 Å². The number of aryl methyl sites for hydroxylation is 1. The lowest BCUT2D eigenvalue weighted by Crippen LogP contribution is -2.48. The van der Waals surface area contributed by atoms with Crippen molar-refractivity contribution in [3.63, 3.8) is 0 Å². The second-order valence-electron chi connectivity index (χ2n) is 5.98. The molecule has 24 heavy (non-hydrogen) atoms. The van der Waals surface area contributed by atoms with Gasteiger partial charge in [0.2, 0.25) is 0 Å². The Labute approximate surface area is 143 Å². The second-order valence-corrected chi connectivity index (χ2v) is 7.36. The van der Waals surface area contributed by atoms with Gasteiger partial charge in [-0.1, -0.05) is 5.16 Å². The lowest BCUT2D eigenvalue weighted by molar-refractivity contribution is 0.0617. The molecule has 6 nitrogen and oxygen atoms in total. The molecule has 1 fully saturated rings. The zero-order valence-electron chi connectivity index (χ0n) is 13.9. The summed E-state index contributed by atoms with van der Waals surface area (Å²) in [5.74, 6) is 0.883. The van der Waals surface area contributed by atoms with Gasteiger partial charge in [0.05, 0.1) is 12.2 Å². The van der Waals surface area contributed by atoms with Crippen molar-refractivity contribution in [1.82, 2.24) is 15.0 Å². The van der Waals surface area contributed by atoms with E-state index in [4.69, 9.17) is 4.52 Å². The van der Waals surface area contributed by atoms with Crippen LogP contribution < -0.4 is 0 Å². The van der Waals surface area contributed by atoms with Crippen LogP contribution in [0.25, 0.3) is 0 Å². The van der Waals surface area contributed by atoms with E-state index in [-0.39, 0.29) is 5.91 Å². The largest absolute Gasteiger partial charge is 0.360 e. The lowest BCUT2D eigenvalue weighted by Gasteiger charge is -2.34. The van der Waals surface area contributed by atoms with Gasteiger partial charge in [0.15, 0.2) is 5.76 Å². The van der Waals surface area contributed by atoms with E-state index in [0.29, 0.717) is 18.7 Å². The minimum absolute atomic E-state index is 0.0265. The monoisotopic (exact) mass is 347 g/mol. The topological polar surface area (TPSA) is 66.7 Å². The van der Waals surface area contributed by atoms with Crippen LogP contribution in [0.15, 0.2) is 39.8 Å². The number of carbonyl (C=O) groups excluding carboxylic acids is 1. The van der Waals surface area contributed by atoms with Crippen molar-refractivity contribution in [1.29, 1.82) is 0 Å². The Bertz CT molecular complexity index is 734. The number of benzene rings is 1. The zero-order chi connectivity index (χ0) is 17.1. The molecule has 2 aromatic rings. The average molecular weight is 347 g/mol. The van der Waals surface area contributed by atoms with Gasteiger partial charge < -0.3 is 9.42 Å². The predicted molar refractivity (Wildman–Crippen MR) is 91.2 cm³/mol. The Morgan fingerprint density at radius 3 is 2.42 bits per heavy atom. The highest BCUT2D eigenvalue weighted by molar-refractivity contribution is 7.84. The summed E-state index contributed by atoms with van der Waals surface area (Å²) in [5, 5.41) is 3.90. The molecule has 1 aliphatic rings. The molecule has 1 aromatic carbocycles. The number of rotatable bonds is 4. The number of hydrogen-bond donors (Lipinski definition) is 0. The first kappa shape index (κ1) is 16.9. The van der Waals surface area contributed by atoms with Crippen LogP contribution >= 0.6 is 0 Å². The summed E-state index contributed by atoms with van der Waals surface area (Å²) in [6, 6.07) is 8.96. The Kier molecular flexibility index (Phi) is 5.11. The molecule has 1 saturated heterocycles. The van der Waals surface area contributed by atoms with E-state index in [1.165, 1.54) is 0 Å². The fourth-order valence-corrected chi connectivity index (χ4v) is 3.31. The molecule has 7 heteroatoms. The van der Waals surface area contributed by atoms with Crippen LogP contribution in [-0.4, -0.2) is 57.5 Å². The third-order valence-corrected chi connectivity index (χ3v) is 5.08. The van der Waals surface area contributed by atoms with E-state index in [1.807, 2.05) is 17.9 Å². The molecule has 0 saturated carbocycles. The van der Waals surface area contributed by atoms with Gasteiger partial charge in [-0.2, -0.15) is 0 Å². The Balaban J connectivity index is 1.55. The summed E-state index contributed by atoms with van der Waals surface area (Å²) in [4.78, 5) is 17.4. The Hall–Kier alpha value is -1.99. The molecule has 1 aromatic heterocycles. The molecule has 0 radical (unpaired) electrons. The van der Waals surface area contributed by atoms with Gasteiger partial charge in [-0.3, -0.25) is 13.9 Å². The first-order chi connectivity index (χ1) is 11.5. The maximum atomic E-state index is 12.6. The van der Waals surface area contributed by atoms with Crippen LogP contribution in [0.3, 0.4) is 0 Å². The summed E-state index contributed by atoms with van der Waals surface area (Å²) < 4.78 is 16.7. The predicted octanol–water partition coefficient (Wildman–Crippen LogP) is 1.68. The molecule has 0 N–H and O–H groups in total. The molecule has 1 aliphatic heterocycles. The maximum Gasteiger partial charge on any atom is 0.253 e. The van der Waals surface area contributed by atoms with Gasteiger partial charge >= 0.3 is 0 Å². The molecule has 0 bridgehead atoms. The van der Waals surface area contributed by atoms with E-state index in [9.17, 15) is 9.00 Å². The van der Waals surface area contributed by atoms with Crippen molar-refractivity contribution in [3.05, 3.63) is 47.3 Å². The fourth-order valence-electron chi connectivity index (χ4n) is 2.79. The van der Waals surface area contributed by atoms with Gasteiger partial charge in [0.25, 0.3) is 5.91 Å². The van der Waals surface area contributed by atoms with Gasteiger partial charge in [-0.15, -0.1) is 0 Å². The summed E-state index contributed by atoms with van der Waals surface area (Å²) >= 11 is 0. The molecule has 0 aliphatic carbocycles. The van der Waals surface area contributed by atoms with Crippen molar-refractivity contribution < 1.29 is 13.5 Å². The first-order valence-electron chi connectivity index (χ1n) is 7.90. The smallest absolute Gasteiger partial charge is 0.253 e. The van der Waals surface area contributed by atoms with Gasteiger partial charge in [-0.05, 0) is 31.2 Å². The SMILES string of the molecule is Cc1cc(CN2CCN(C(=O)c3ccc([S@@](C)=O)cc3)CC2)on1. The van der Waals surface area contributed by atoms with Crippen molar-refractivity contribution >= 4 is 16.7 Å². The minimum atomic E-state index is -1.02. The van der Waals surface area contributed by atoms with Gasteiger partial charge in [0.1, 0.15) is 0 Å². The van der Waals surface area contributed by atoms with Crippen molar-refractivity contribution in [2.24, 2.45) is 0 Å². The Morgan fingerprint density at radius 2 is 1.88 bits per heavy atom. The third kappa shape index (κ3) is 3.91. The van der Waals surface area contributed by atoms with Crippen LogP contribution in [0.2, 0.25) is 0 Å². The normalized spacial score (nSPS) is 17.0. The van der Waals surface area contributed by atoms with Crippen molar-refractivity contribution in [2.45, 2.75) is 18.4 Å². The first-order valence-corrected chi connectivity index (χ1v) is 9.46. The molecular formula is C17H21N3O3S. The number of nitrogens with zero attached hydrogens (tertiary/aromatic N) is 3. The molecule has 1 amide bonds. The average Bonchev–Trinajstić information content (AvgIpc) is 3.00. The van der Waals surface area contributed by atoms with E-state index in [2.05, 4.69) is 10.1 Å². The fraction of sp³-hybridized carbons (Fsp3) is 0.412. The van der Waals surface area contributed by atoms with Crippen molar-refractivity contribution in [2.75, 3.05) is 32.4 Å². The number of piperazine rings is 1. The highest BCUT2D eigenvalue weighted by atomic mass is 32.2. The highest BCUT2D eigenvalue weighted by Gasteiger charge is 2.23. The molecule has 3 rings (SSSR count). The van der Waals surface area contributed by atoms with Crippen LogP contribution in [0.5, 0.6) is 0 Å². The van der Waals surface area contributed by atoms with Gasteiger partial charge in [0, 0.05) is 59.8 Å². The molecule has 128 valence electrons. The van der Waals surface area contributed by atoms with E-state index in [0.717, 1.165) is 36.0 Å². The van der Waals surface area contributed by atoms with Crippen LogP contribution in [-0.2, 0) is 17.3 Å². The molecule has 0 spiro atoms. The third-order valence-electron chi connectivity index (χ3n) is 4.15. The van der Waals surface area contributed by atoms with Crippen LogP contribution in [0.1, 0.15) is 21.8 Å². The van der Waals surface area contributed by atoms with Crippen molar-refractivity contribution in [3.8, 4) is 0 Å². The summed E-state index contributed by atoms with van der Waals surface area (Å²) in [7, 11) is -1.02. The Morgan fingerprint density at radius 1 is 1.21 bits per heavy atom. The molecule has 0 unspecified atom stereocenters.